The van der Waals surface area contributed by atoms with Crippen LogP contribution in [-0.4, -0.2) is 23.3 Å². The predicted octanol–water partition coefficient (Wildman–Crippen LogP) is 3.71. The van der Waals surface area contributed by atoms with Gasteiger partial charge in [0, 0.05) is 24.5 Å². The van der Waals surface area contributed by atoms with Gasteiger partial charge in [-0.1, -0.05) is 15.9 Å². The maximum Gasteiger partial charge on any atom is 0.240 e. The Balaban J connectivity index is 2.13. The molecule has 0 bridgehead atoms. The van der Waals surface area contributed by atoms with Gasteiger partial charge in [-0.2, -0.15) is 0 Å². The number of alkyl halides is 1. The highest BCUT2D eigenvalue weighted by Crippen LogP contribution is 2.27. The van der Waals surface area contributed by atoms with Gasteiger partial charge in [-0.25, -0.2) is 0 Å². The van der Waals surface area contributed by atoms with Crippen LogP contribution in [0.5, 0.6) is 0 Å². The zero-order valence-corrected chi connectivity index (χ0v) is 13.4. The van der Waals surface area contributed by atoms with Gasteiger partial charge in [0.2, 0.25) is 5.91 Å². The van der Waals surface area contributed by atoms with E-state index in [1.54, 1.807) is 0 Å². The Morgan fingerprint density at radius 3 is 2.47 bits per heavy atom. The lowest BCUT2D eigenvalue weighted by Crippen LogP contribution is -2.31. The van der Waals surface area contributed by atoms with Gasteiger partial charge in [-0.05, 0) is 57.4 Å². The van der Waals surface area contributed by atoms with Crippen molar-refractivity contribution in [2.75, 3.05) is 23.3 Å². The monoisotopic (exact) mass is 324 g/mol. The molecule has 4 heteroatoms. The van der Waals surface area contributed by atoms with Crippen molar-refractivity contribution in [2.24, 2.45) is 0 Å². The lowest BCUT2D eigenvalue weighted by molar-refractivity contribution is -0.117. The molecule has 0 atom stereocenters. The lowest BCUT2D eigenvalue weighted by atomic mass is 10.1. The van der Waals surface area contributed by atoms with E-state index in [4.69, 9.17) is 0 Å². The highest BCUT2D eigenvalue weighted by molar-refractivity contribution is 9.10. The van der Waals surface area contributed by atoms with Gasteiger partial charge >= 0.3 is 0 Å². The molecule has 3 nitrogen and oxygen atoms in total. The first-order chi connectivity index (χ1) is 8.88. The average Bonchev–Trinajstić information content (AvgIpc) is 2.84. The van der Waals surface area contributed by atoms with Crippen LogP contribution in [0.4, 0.5) is 11.4 Å². The summed E-state index contributed by atoms with van der Waals surface area (Å²) in [7, 11) is 0. The number of carbonyl (C=O) groups excluding carboxylic acids is 1. The van der Waals surface area contributed by atoms with Gasteiger partial charge in [0.05, 0.1) is 4.32 Å². The van der Waals surface area contributed by atoms with E-state index in [0.29, 0.717) is 0 Å². The van der Waals surface area contributed by atoms with Gasteiger partial charge < -0.3 is 10.2 Å². The number of nitrogens with zero attached hydrogens (tertiary/aromatic N) is 1. The molecule has 0 radical (unpaired) electrons. The van der Waals surface area contributed by atoms with Crippen LogP contribution >= 0.6 is 15.9 Å². The summed E-state index contributed by atoms with van der Waals surface area (Å²) < 4.78 is -0.549. The SMILES string of the molecule is Cc1cc(N2CCCC2)ccc1NC(=O)C(C)(C)Br. The quantitative estimate of drug-likeness (QED) is 0.859. The van der Waals surface area contributed by atoms with Crippen LogP contribution in [0.25, 0.3) is 0 Å². The Hall–Kier alpha value is -1.03. The van der Waals surface area contributed by atoms with Crippen molar-refractivity contribution in [3.63, 3.8) is 0 Å². The molecule has 1 heterocycles. The maximum absolute atomic E-state index is 12.0. The Kier molecular flexibility index (Phi) is 4.19. The van der Waals surface area contributed by atoms with Crippen LogP contribution in [0, 0.1) is 6.92 Å². The first kappa shape index (κ1) is 14.4. The number of hydrogen-bond donors (Lipinski definition) is 1. The van der Waals surface area contributed by atoms with E-state index >= 15 is 0 Å². The van der Waals surface area contributed by atoms with Gasteiger partial charge in [0.15, 0.2) is 0 Å². The lowest BCUT2D eigenvalue weighted by Gasteiger charge is -2.21. The molecule has 0 saturated carbocycles. The second-order valence-electron chi connectivity index (χ2n) is 5.62. The molecule has 1 saturated heterocycles. The van der Waals surface area contributed by atoms with Crippen LogP contribution in [0.3, 0.4) is 0 Å². The van der Waals surface area contributed by atoms with Crippen molar-refractivity contribution in [3.05, 3.63) is 23.8 Å². The third-order valence-electron chi connectivity index (χ3n) is 3.47. The van der Waals surface area contributed by atoms with Crippen molar-refractivity contribution >= 4 is 33.2 Å². The smallest absolute Gasteiger partial charge is 0.240 e. The molecule has 1 N–H and O–H groups in total. The number of hydrogen-bond acceptors (Lipinski definition) is 2. The number of amides is 1. The normalized spacial score (nSPS) is 15.7. The molecule has 1 aromatic carbocycles. The topological polar surface area (TPSA) is 32.3 Å². The minimum Gasteiger partial charge on any atom is -0.372 e. The molecule has 19 heavy (non-hydrogen) atoms. The first-order valence-corrected chi connectivity index (χ1v) is 7.53. The van der Waals surface area contributed by atoms with Crippen molar-refractivity contribution < 1.29 is 4.79 Å². The third kappa shape index (κ3) is 3.50. The summed E-state index contributed by atoms with van der Waals surface area (Å²) in [6.07, 6.45) is 2.55. The number of nitrogens with one attached hydrogen (secondary N) is 1. The fourth-order valence-electron chi connectivity index (χ4n) is 2.23. The summed E-state index contributed by atoms with van der Waals surface area (Å²) in [6.45, 7) is 8.00. The highest BCUT2D eigenvalue weighted by Gasteiger charge is 2.24. The first-order valence-electron chi connectivity index (χ1n) is 6.74. The van der Waals surface area contributed by atoms with Crippen LogP contribution in [0.15, 0.2) is 18.2 Å². The standard InChI is InChI=1S/C15H21BrN2O/c1-11-10-12(18-8-4-5-9-18)6-7-13(11)17-14(19)15(2,3)16/h6-7,10H,4-5,8-9H2,1-3H3,(H,17,19). The number of aryl methyl sites for hydroxylation is 1. The molecule has 2 rings (SSSR count). The van der Waals surface area contributed by atoms with Crippen molar-refractivity contribution in [3.8, 4) is 0 Å². The summed E-state index contributed by atoms with van der Waals surface area (Å²) in [5, 5.41) is 2.96. The Morgan fingerprint density at radius 2 is 1.95 bits per heavy atom. The highest BCUT2D eigenvalue weighted by atomic mass is 79.9. The number of rotatable bonds is 3. The summed E-state index contributed by atoms with van der Waals surface area (Å²) in [4.78, 5) is 14.4. The predicted molar refractivity (Wildman–Crippen MR) is 84.3 cm³/mol. The van der Waals surface area contributed by atoms with Crippen molar-refractivity contribution in [1.29, 1.82) is 0 Å². The van der Waals surface area contributed by atoms with Crippen molar-refractivity contribution in [1.82, 2.24) is 0 Å². The molecule has 1 aliphatic rings. The molecule has 1 fully saturated rings. The fourth-order valence-corrected chi connectivity index (χ4v) is 2.33. The van der Waals surface area contributed by atoms with E-state index in [0.717, 1.165) is 24.3 Å². The Labute approximate surface area is 123 Å². The van der Waals surface area contributed by atoms with Crippen LogP contribution < -0.4 is 10.2 Å². The molecule has 0 aromatic heterocycles. The number of carbonyl (C=O) groups is 1. The molecule has 104 valence electrons. The molecular formula is C15H21BrN2O. The molecule has 1 amide bonds. The molecular weight excluding hydrogens is 304 g/mol. The second kappa shape index (κ2) is 5.53. The molecule has 0 unspecified atom stereocenters. The van der Waals surface area contributed by atoms with E-state index in [9.17, 15) is 4.79 Å². The van der Waals surface area contributed by atoms with Crippen LogP contribution in [0.2, 0.25) is 0 Å². The summed E-state index contributed by atoms with van der Waals surface area (Å²) in [5.74, 6) is -0.0236. The van der Waals surface area contributed by atoms with Gasteiger partial charge in [-0.15, -0.1) is 0 Å². The van der Waals surface area contributed by atoms with Gasteiger partial charge in [0.25, 0.3) is 0 Å². The van der Waals surface area contributed by atoms with Crippen molar-refractivity contribution in [2.45, 2.75) is 37.9 Å². The maximum atomic E-state index is 12.0. The minimum atomic E-state index is -0.549. The number of benzene rings is 1. The van der Waals surface area contributed by atoms with Gasteiger partial charge in [0.1, 0.15) is 0 Å². The Morgan fingerprint density at radius 1 is 1.32 bits per heavy atom. The van der Waals surface area contributed by atoms with E-state index in [1.165, 1.54) is 18.5 Å². The number of anilines is 2. The second-order valence-corrected chi connectivity index (χ2v) is 7.60. The van der Waals surface area contributed by atoms with Crippen LogP contribution in [-0.2, 0) is 4.79 Å². The molecule has 0 spiro atoms. The zero-order valence-electron chi connectivity index (χ0n) is 11.8. The average molecular weight is 325 g/mol. The Bertz CT molecular complexity index is 474. The summed E-state index contributed by atoms with van der Waals surface area (Å²) in [5.41, 5.74) is 3.25. The van der Waals surface area contributed by atoms with Crippen LogP contribution in [0.1, 0.15) is 32.3 Å². The zero-order chi connectivity index (χ0) is 14.0. The summed E-state index contributed by atoms with van der Waals surface area (Å²) in [6, 6.07) is 6.25. The third-order valence-corrected chi connectivity index (χ3v) is 3.83. The summed E-state index contributed by atoms with van der Waals surface area (Å²) >= 11 is 3.37. The van der Waals surface area contributed by atoms with Gasteiger partial charge in [-0.3, -0.25) is 4.79 Å². The largest absolute Gasteiger partial charge is 0.372 e. The van der Waals surface area contributed by atoms with E-state index in [1.807, 2.05) is 26.8 Å². The van der Waals surface area contributed by atoms with E-state index in [-0.39, 0.29) is 5.91 Å². The molecule has 1 aliphatic heterocycles. The molecule has 0 aliphatic carbocycles. The van der Waals surface area contributed by atoms with E-state index < -0.39 is 4.32 Å². The van der Waals surface area contributed by atoms with E-state index in [2.05, 4.69) is 38.3 Å². The number of halogens is 1. The molecule has 1 aromatic rings. The fraction of sp³-hybridized carbons (Fsp3) is 0.533. The minimum absolute atomic E-state index is 0.0236.